The average molecular weight is 268 g/mol. The molecule has 0 saturated heterocycles. The first-order valence-electron chi connectivity index (χ1n) is 5.36. The smallest absolute Gasteiger partial charge is 0.244 e. The van der Waals surface area contributed by atoms with E-state index in [1.54, 1.807) is 26.0 Å². The van der Waals surface area contributed by atoms with Crippen LogP contribution in [-0.4, -0.2) is 37.0 Å². The number of aliphatic hydroxyl groups excluding tert-OH is 1. The minimum Gasteiger partial charge on any atom is -0.394 e. The van der Waals surface area contributed by atoms with Crippen molar-refractivity contribution in [1.29, 1.82) is 5.26 Å². The van der Waals surface area contributed by atoms with Crippen molar-refractivity contribution in [3.8, 4) is 6.07 Å². The van der Waals surface area contributed by atoms with Crippen molar-refractivity contribution in [2.75, 3.05) is 13.7 Å². The van der Waals surface area contributed by atoms with Crippen molar-refractivity contribution in [2.24, 2.45) is 0 Å². The van der Waals surface area contributed by atoms with Crippen LogP contribution in [0.25, 0.3) is 0 Å². The summed E-state index contributed by atoms with van der Waals surface area (Å²) < 4.78 is 25.8. The maximum Gasteiger partial charge on any atom is 0.244 e. The van der Waals surface area contributed by atoms with Crippen molar-refractivity contribution in [3.05, 3.63) is 29.8 Å². The van der Waals surface area contributed by atoms with Gasteiger partial charge in [-0.3, -0.25) is 0 Å². The van der Waals surface area contributed by atoms with Gasteiger partial charge in [0.05, 0.1) is 22.6 Å². The van der Waals surface area contributed by atoms with Crippen molar-refractivity contribution < 1.29 is 13.5 Å². The molecule has 5 nitrogen and oxygen atoms in total. The van der Waals surface area contributed by atoms with E-state index in [-0.39, 0.29) is 17.1 Å². The molecule has 0 aromatic heterocycles. The van der Waals surface area contributed by atoms with E-state index in [1.807, 2.05) is 6.07 Å². The summed E-state index contributed by atoms with van der Waals surface area (Å²) in [5, 5.41) is 18.2. The van der Waals surface area contributed by atoms with Crippen LogP contribution in [0.15, 0.2) is 29.2 Å². The van der Waals surface area contributed by atoms with E-state index in [9.17, 15) is 13.5 Å². The molecule has 98 valence electrons. The average Bonchev–Trinajstić information content (AvgIpc) is 2.37. The highest BCUT2D eigenvalue weighted by molar-refractivity contribution is 7.89. The molecule has 0 spiro atoms. The van der Waals surface area contributed by atoms with Gasteiger partial charge in [-0.15, -0.1) is 0 Å². The summed E-state index contributed by atoms with van der Waals surface area (Å²) in [7, 11) is -2.41. The van der Waals surface area contributed by atoms with Crippen LogP contribution in [0.2, 0.25) is 0 Å². The van der Waals surface area contributed by atoms with Crippen LogP contribution < -0.4 is 0 Å². The number of sulfonamides is 1. The molecule has 1 aromatic rings. The van der Waals surface area contributed by atoms with Gasteiger partial charge in [-0.05, 0) is 26.0 Å². The Morgan fingerprint density at radius 3 is 2.44 bits per heavy atom. The lowest BCUT2D eigenvalue weighted by atomic mass is 10.1. The van der Waals surface area contributed by atoms with E-state index in [1.165, 1.54) is 19.2 Å². The molecular weight excluding hydrogens is 252 g/mol. The molecule has 1 N–H and O–H groups in total. The molecule has 0 fully saturated rings. The molecular formula is C12H16N2O3S. The van der Waals surface area contributed by atoms with Crippen LogP contribution >= 0.6 is 0 Å². The summed E-state index contributed by atoms with van der Waals surface area (Å²) in [6.45, 7) is 2.91. The quantitative estimate of drug-likeness (QED) is 0.881. The zero-order chi connectivity index (χ0) is 14.0. The molecule has 0 heterocycles. The highest BCUT2D eigenvalue weighted by Crippen LogP contribution is 2.24. The summed E-state index contributed by atoms with van der Waals surface area (Å²) in [5.74, 6) is 0. The summed E-state index contributed by atoms with van der Waals surface area (Å²) >= 11 is 0. The van der Waals surface area contributed by atoms with E-state index in [0.717, 1.165) is 4.31 Å². The Morgan fingerprint density at radius 1 is 1.39 bits per heavy atom. The van der Waals surface area contributed by atoms with Crippen LogP contribution in [0, 0.1) is 11.3 Å². The second-order valence-corrected chi connectivity index (χ2v) is 6.49. The third-order valence-corrected chi connectivity index (χ3v) is 5.01. The molecule has 18 heavy (non-hydrogen) atoms. The number of aliphatic hydroxyl groups is 1. The van der Waals surface area contributed by atoms with E-state index in [0.29, 0.717) is 0 Å². The molecule has 0 amide bonds. The van der Waals surface area contributed by atoms with Gasteiger partial charge in [0.15, 0.2) is 0 Å². The molecule has 0 bridgehead atoms. The minimum absolute atomic E-state index is 0.0449. The number of likely N-dealkylation sites (N-methyl/N-ethyl adjacent to an activating group) is 1. The molecule has 0 unspecified atom stereocenters. The largest absolute Gasteiger partial charge is 0.394 e. The number of hydrogen-bond donors (Lipinski definition) is 1. The first kappa shape index (κ1) is 14.6. The van der Waals surface area contributed by atoms with Crippen molar-refractivity contribution in [3.63, 3.8) is 0 Å². The van der Waals surface area contributed by atoms with Gasteiger partial charge in [0.2, 0.25) is 10.0 Å². The zero-order valence-corrected chi connectivity index (χ0v) is 11.4. The predicted molar refractivity (Wildman–Crippen MR) is 67.3 cm³/mol. The van der Waals surface area contributed by atoms with Crippen molar-refractivity contribution in [1.82, 2.24) is 4.31 Å². The number of hydrogen-bond acceptors (Lipinski definition) is 4. The fraction of sp³-hybridized carbons (Fsp3) is 0.417. The summed E-state index contributed by atoms with van der Waals surface area (Å²) in [6, 6.07) is 7.86. The maximum absolute atomic E-state index is 12.4. The maximum atomic E-state index is 12.4. The Hall–Kier alpha value is -1.42. The monoisotopic (exact) mass is 268 g/mol. The molecule has 0 saturated carbocycles. The summed E-state index contributed by atoms with van der Waals surface area (Å²) in [6.07, 6.45) is 0. The molecule has 0 atom stereocenters. The first-order valence-corrected chi connectivity index (χ1v) is 6.80. The minimum atomic E-state index is -3.80. The van der Waals surface area contributed by atoms with Crippen LogP contribution in [0.4, 0.5) is 0 Å². The summed E-state index contributed by atoms with van der Waals surface area (Å²) in [4.78, 5) is -0.0449. The highest BCUT2D eigenvalue weighted by Gasteiger charge is 2.34. The number of nitrogens with zero attached hydrogens (tertiary/aromatic N) is 2. The Balaban J connectivity index is 3.36. The third kappa shape index (κ3) is 2.53. The Morgan fingerprint density at radius 2 is 1.94 bits per heavy atom. The molecule has 1 rings (SSSR count). The topological polar surface area (TPSA) is 81.4 Å². The number of rotatable bonds is 4. The van der Waals surface area contributed by atoms with Crippen LogP contribution in [0.1, 0.15) is 19.4 Å². The van der Waals surface area contributed by atoms with E-state index in [2.05, 4.69) is 0 Å². The second-order valence-electron chi connectivity index (χ2n) is 4.55. The molecule has 0 aliphatic heterocycles. The fourth-order valence-electron chi connectivity index (χ4n) is 1.36. The third-order valence-electron chi connectivity index (χ3n) is 2.89. The van der Waals surface area contributed by atoms with E-state index in [4.69, 9.17) is 5.26 Å². The van der Waals surface area contributed by atoms with Crippen molar-refractivity contribution >= 4 is 10.0 Å². The zero-order valence-electron chi connectivity index (χ0n) is 10.6. The molecule has 0 aliphatic rings. The standard InChI is InChI=1S/C12H16N2O3S/c1-12(2,9-15)14(3)18(16,17)11-7-5-4-6-10(11)8-13/h4-7,15H,9H2,1-3H3. The Labute approximate surface area is 107 Å². The number of nitriles is 1. The molecule has 6 heteroatoms. The van der Waals surface area contributed by atoms with Gasteiger partial charge in [0.1, 0.15) is 6.07 Å². The van der Waals surface area contributed by atoms with Gasteiger partial charge in [-0.1, -0.05) is 12.1 Å². The molecule has 0 radical (unpaired) electrons. The van der Waals surface area contributed by atoms with Gasteiger partial charge < -0.3 is 5.11 Å². The SMILES string of the molecule is CN(C(C)(C)CO)S(=O)(=O)c1ccccc1C#N. The normalized spacial score (nSPS) is 12.4. The second kappa shape index (κ2) is 5.06. The predicted octanol–water partition coefficient (Wildman–Crippen LogP) is 0.950. The van der Waals surface area contributed by atoms with Gasteiger partial charge in [0, 0.05) is 7.05 Å². The van der Waals surface area contributed by atoms with Crippen LogP contribution in [0.3, 0.4) is 0 Å². The fourth-order valence-corrected chi connectivity index (χ4v) is 3.00. The van der Waals surface area contributed by atoms with E-state index < -0.39 is 15.6 Å². The highest BCUT2D eigenvalue weighted by atomic mass is 32.2. The number of benzene rings is 1. The Bertz CT molecular complexity index is 573. The Kier molecular flexibility index (Phi) is 4.12. The first-order chi connectivity index (χ1) is 8.27. The summed E-state index contributed by atoms with van der Waals surface area (Å²) in [5.41, 5.74) is -0.834. The van der Waals surface area contributed by atoms with Gasteiger partial charge >= 0.3 is 0 Å². The van der Waals surface area contributed by atoms with Crippen molar-refractivity contribution in [2.45, 2.75) is 24.3 Å². The van der Waals surface area contributed by atoms with Gasteiger partial charge in [0.25, 0.3) is 0 Å². The lowest BCUT2D eigenvalue weighted by Crippen LogP contribution is -2.47. The van der Waals surface area contributed by atoms with Crippen LogP contribution in [0.5, 0.6) is 0 Å². The lowest BCUT2D eigenvalue weighted by Gasteiger charge is -2.32. The van der Waals surface area contributed by atoms with E-state index >= 15 is 0 Å². The van der Waals surface area contributed by atoms with Gasteiger partial charge in [-0.2, -0.15) is 9.57 Å². The lowest BCUT2D eigenvalue weighted by molar-refractivity contribution is 0.138. The molecule has 0 aliphatic carbocycles. The van der Waals surface area contributed by atoms with Gasteiger partial charge in [-0.25, -0.2) is 8.42 Å². The molecule has 1 aromatic carbocycles. The van der Waals surface area contributed by atoms with Crippen LogP contribution in [-0.2, 0) is 10.0 Å².